The van der Waals surface area contributed by atoms with E-state index in [0.29, 0.717) is 23.7 Å². The van der Waals surface area contributed by atoms with Gasteiger partial charge >= 0.3 is 0 Å². The number of hydrogen-bond acceptors (Lipinski definition) is 6. The topological polar surface area (TPSA) is 64.7 Å². The second kappa shape index (κ2) is 20.0. The van der Waals surface area contributed by atoms with Crippen molar-refractivity contribution in [3.63, 3.8) is 0 Å². The largest absolute Gasteiger partial charge is 0.369 e. The molecule has 4 aliphatic heterocycles. The number of carbonyl (C=O) groups is 2. The van der Waals surface area contributed by atoms with E-state index in [1.54, 1.807) is 0 Å². The van der Waals surface area contributed by atoms with Crippen molar-refractivity contribution in [2.24, 2.45) is 11.8 Å². The fourth-order valence-electron chi connectivity index (χ4n) is 10.7. The maximum Gasteiger partial charge on any atom is 0.152 e. The SMILES string of the molecule is CC(C)=CCC/C(C)=C/C[C@@]12CC(C(=O)C(C)C)N(C(C)C)[C@@H]1Nc1ccccc12.CC(C)=CCC/C(C)=C/C[C@]12CC(C(=O)C(C)C)N(C(C)C)[C@H]1Nc1ccccc12. The molecule has 0 bridgehead atoms. The number of carbonyl (C=O) groups excluding carboxylic acids is 2. The number of ketones is 2. The number of benzene rings is 2. The summed E-state index contributed by atoms with van der Waals surface area (Å²) in [5.74, 6) is 0.870. The Labute approximate surface area is 365 Å². The van der Waals surface area contributed by atoms with Crippen LogP contribution in [0.15, 0.2) is 95.1 Å². The Hall–Kier alpha value is -3.74. The molecule has 6 nitrogen and oxygen atoms in total. The lowest BCUT2D eigenvalue weighted by molar-refractivity contribution is -0.128. The highest BCUT2D eigenvalue weighted by molar-refractivity contribution is 5.88. The molecule has 2 unspecified atom stereocenters. The number of nitrogens with one attached hydrogen (secondary N) is 2. The molecule has 4 aliphatic rings. The summed E-state index contributed by atoms with van der Waals surface area (Å²) in [4.78, 5) is 31.3. The highest BCUT2D eigenvalue weighted by atomic mass is 16.1. The van der Waals surface area contributed by atoms with Crippen LogP contribution in [0.2, 0.25) is 0 Å². The van der Waals surface area contributed by atoms with Gasteiger partial charge in [-0.1, -0.05) is 111 Å². The highest BCUT2D eigenvalue weighted by Crippen LogP contribution is 2.55. The second-order valence-corrected chi connectivity index (χ2v) is 20.3. The van der Waals surface area contributed by atoms with Crippen LogP contribution in [-0.4, -0.2) is 57.9 Å². The van der Waals surface area contributed by atoms with E-state index in [9.17, 15) is 9.59 Å². The van der Waals surface area contributed by atoms with Gasteiger partial charge in [0.25, 0.3) is 0 Å². The van der Waals surface area contributed by atoms with Crippen LogP contribution >= 0.6 is 0 Å². The summed E-state index contributed by atoms with van der Waals surface area (Å²) in [6.07, 6.45) is 18.0. The van der Waals surface area contributed by atoms with E-state index in [4.69, 9.17) is 0 Å². The quantitative estimate of drug-likeness (QED) is 0.165. The Morgan fingerprint density at radius 1 is 0.583 bits per heavy atom. The summed E-state index contributed by atoms with van der Waals surface area (Å²) in [5.41, 5.74) is 10.8. The number of rotatable bonds is 16. The summed E-state index contributed by atoms with van der Waals surface area (Å²) in [7, 11) is 0. The maximum absolute atomic E-state index is 13.2. The van der Waals surface area contributed by atoms with Gasteiger partial charge in [-0.15, -0.1) is 0 Å². The van der Waals surface area contributed by atoms with Crippen molar-refractivity contribution in [1.82, 2.24) is 9.80 Å². The molecule has 328 valence electrons. The summed E-state index contributed by atoms with van der Waals surface area (Å²) < 4.78 is 0. The van der Waals surface area contributed by atoms with E-state index in [0.717, 1.165) is 51.4 Å². The Morgan fingerprint density at radius 3 is 1.25 bits per heavy atom. The Kier molecular flexibility index (Phi) is 15.7. The van der Waals surface area contributed by atoms with Gasteiger partial charge in [0.15, 0.2) is 11.6 Å². The van der Waals surface area contributed by atoms with Gasteiger partial charge in [0.2, 0.25) is 0 Å². The van der Waals surface area contributed by atoms with Crippen molar-refractivity contribution in [3.8, 4) is 0 Å². The molecule has 60 heavy (non-hydrogen) atoms. The molecule has 6 heteroatoms. The van der Waals surface area contributed by atoms with Crippen molar-refractivity contribution in [2.75, 3.05) is 10.6 Å². The first-order chi connectivity index (χ1) is 28.3. The smallest absolute Gasteiger partial charge is 0.152 e. The summed E-state index contributed by atoms with van der Waals surface area (Å²) in [6, 6.07) is 18.0. The number of hydrogen-bond donors (Lipinski definition) is 2. The molecule has 0 spiro atoms. The molecule has 6 rings (SSSR count). The molecule has 2 aromatic rings. The molecule has 4 heterocycles. The number of Topliss-reactive ketones (excluding diaryl/α,β-unsaturated/α-hetero) is 2. The van der Waals surface area contributed by atoms with Crippen molar-refractivity contribution >= 4 is 22.9 Å². The number of nitrogens with zero attached hydrogens (tertiary/aromatic N) is 2. The van der Waals surface area contributed by atoms with Crippen LogP contribution in [0.1, 0.15) is 159 Å². The molecule has 0 radical (unpaired) electrons. The third-order valence-electron chi connectivity index (χ3n) is 13.8. The molecule has 0 aromatic heterocycles. The molecule has 2 N–H and O–H groups in total. The minimum absolute atomic E-state index is 0.0183. The molecule has 0 amide bonds. The molecular formula is C54H80N4O2. The van der Waals surface area contributed by atoms with Gasteiger partial charge in [-0.05, 0) is 144 Å². The number of allylic oxidation sites excluding steroid dienone is 8. The Morgan fingerprint density at radius 2 is 0.933 bits per heavy atom. The van der Waals surface area contributed by atoms with Crippen LogP contribution in [0.4, 0.5) is 11.4 Å². The Bertz CT molecular complexity index is 1800. The third-order valence-corrected chi connectivity index (χ3v) is 13.8. The molecule has 0 saturated carbocycles. The first-order valence-electron chi connectivity index (χ1n) is 23.3. The molecule has 2 aromatic carbocycles. The normalized spacial score (nSPS) is 26.0. The van der Waals surface area contributed by atoms with Crippen molar-refractivity contribution < 1.29 is 9.59 Å². The zero-order valence-electron chi connectivity index (χ0n) is 39.9. The zero-order valence-corrected chi connectivity index (χ0v) is 39.9. The van der Waals surface area contributed by atoms with Crippen LogP contribution < -0.4 is 10.6 Å². The van der Waals surface area contributed by atoms with Crippen molar-refractivity contribution in [1.29, 1.82) is 0 Å². The van der Waals surface area contributed by atoms with Crippen molar-refractivity contribution in [2.45, 2.75) is 196 Å². The average Bonchev–Trinajstić information content (AvgIpc) is 3.88. The predicted molar refractivity (Wildman–Crippen MR) is 256 cm³/mol. The first kappa shape index (κ1) is 47.3. The Balaban J connectivity index is 0.000000228. The van der Waals surface area contributed by atoms with E-state index < -0.39 is 0 Å². The van der Waals surface area contributed by atoms with Gasteiger partial charge < -0.3 is 10.6 Å². The second-order valence-electron chi connectivity index (χ2n) is 20.3. The van der Waals surface area contributed by atoms with E-state index in [2.05, 4.69) is 163 Å². The lowest BCUT2D eigenvalue weighted by Gasteiger charge is -2.36. The minimum atomic E-state index is -0.0478. The van der Waals surface area contributed by atoms with Crippen LogP contribution in [-0.2, 0) is 20.4 Å². The van der Waals surface area contributed by atoms with E-state index in [1.165, 1.54) is 44.8 Å². The number of anilines is 2. The monoisotopic (exact) mass is 817 g/mol. The third kappa shape index (κ3) is 9.97. The van der Waals surface area contributed by atoms with Gasteiger partial charge in [0, 0.05) is 46.1 Å². The lowest BCUT2D eigenvalue weighted by Crippen LogP contribution is -2.50. The lowest BCUT2D eigenvalue weighted by atomic mass is 9.74. The fourth-order valence-corrected chi connectivity index (χ4v) is 10.7. The van der Waals surface area contributed by atoms with Gasteiger partial charge in [-0.25, -0.2) is 0 Å². The molecule has 2 fully saturated rings. The predicted octanol–water partition coefficient (Wildman–Crippen LogP) is 12.9. The zero-order chi connectivity index (χ0) is 44.1. The van der Waals surface area contributed by atoms with Crippen molar-refractivity contribution in [3.05, 3.63) is 106 Å². The molecule has 0 aliphatic carbocycles. The van der Waals surface area contributed by atoms with E-state index in [1.807, 2.05) is 27.7 Å². The number of para-hydroxylation sites is 2. The summed E-state index contributed by atoms with van der Waals surface area (Å²) >= 11 is 0. The fraction of sp³-hybridized carbons (Fsp3) is 0.593. The summed E-state index contributed by atoms with van der Waals surface area (Å²) in [5, 5.41) is 7.62. The maximum atomic E-state index is 13.2. The standard InChI is InChI=1S/2C27H40N2O/c2*1-18(2)11-10-12-21(7)15-16-27-17-24(25(30)19(3)4)29(20(5)6)26(27)28-23-14-9-8-13-22(23)27/h2*8-9,11,13-15,19-20,24,26,28H,10,12,16-17H2,1-7H3/b2*21-15+/t2*24?,26-,27-/m10/s1. The summed E-state index contributed by atoms with van der Waals surface area (Å²) in [6.45, 7) is 30.2. The average molecular weight is 817 g/mol. The minimum Gasteiger partial charge on any atom is -0.369 e. The van der Waals surface area contributed by atoms with Gasteiger partial charge in [0.05, 0.1) is 24.4 Å². The van der Waals surface area contributed by atoms with Crippen LogP contribution in [0.3, 0.4) is 0 Å². The number of likely N-dealkylation sites (tertiary alicyclic amines) is 2. The molecule has 2 saturated heterocycles. The van der Waals surface area contributed by atoms with Crippen LogP contribution in [0.5, 0.6) is 0 Å². The van der Waals surface area contributed by atoms with E-state index in [-0.39, 0.29) is 47.1 Å². The first-order valence-corrected chi connectivity index (χ1v) is 23.3. The number of fused-ring (bicyclic) bond motifs is 6. The highest BCUT2D eigenvalue weighted by Gasteiger charge is 2.60. The molecular weight excluding hydrogens is 737 g/mol. The van der Waals surface area contributed by atoms with Gasteiger partial charge in [-0.3, -0.25) is 19.4 Å². The van der Waals surface area contributed by atoms with Crippen LogP contribution in [0, 0.1) is 11.8 Å². The van der Waals surface area contributed by atoms with Crippen LogP contribution in [0.25, 0.3) is 0 Å². The van der Waals surface area contributed by atoms with Gasteiger partial charge in [0.1, 0.15) is 0 Å². The van der Waals surface area contributed by atoms with Gasteiger partial charge in [-0.2, -0.15) is 0 Å². The molecule has 6 atom stereocenters. The van der Waals surface area contributed by atoms with E-state index >= 15 is 0 Å².